The standard InChI is InChI=1S/C22H33N3O/c1-21(2)17-9-10-18(15-17)22(21,3)23-20(26)16-24-11-13-25(14-12-24)19-7-5-4-6-8-19/h4-8,17-18H,9-16H2,1-3H3,(H,23,26)/p+1/t17-,18+,22-/m1/s1. The van der Waals surface area contributed by atoms with Crippen LogP contribution in [-0.2, 0) is 4.79 Å². The first-order chi connectivity index (χ1) is 12.4. The van der Waals surface area contributed by atoms with Gasteiger partial charge in [-0.2, -0.15) is 0 Å². The molecule has 3 atom stereocenters. The molecule has 2 aliphatic carbocycles. The zero-order chi connectivity index (χ0) is 18.4. The van der Waals surface area contributed by atoms with Crippen molar-refractivity contribution < 1.29 is 9.69 Å². The molecule has 4 nitrogen and oxygen atoms in total. The van der Waals surface area contributed by atoms with Crippen LogP contribution in [0.4, 0.5) is 5.69 Å². The number of para-hydroxylation sites is 1. The van der Waals surface area contributed by atoms with Crippen LogP contribution in [0, 0.1) is 17.3 Å². The maximum atomic E-state index is 12.8. The quantitative estimate of drug-likeness (QED) is 0.862. The number of piperazine rings is 1. The van der Waals surface area contributed by atoms with Gasteiger partial charge in [0.15, 0.2) is 6.54 Å². The number of quaternary nitrogens is 1. The second-order valence-electron chi connectivity index (χ2n) is 9.43. The third-order valence-corrected chi connectivity index (χ3v) is 8.01. The third kappa shape index (κ3) is 2.92. The van der Waals surface area contributed by atoms with Crippen LogP contribution in [-0.4, -0.2) is 44.2 Å². The number of anilines is 1. The lowest BCUT2D eigenvalue weighted by Crippen LogP contribution is -3.16. The molecule has 4 heteroatoms. The highest BCUT2D eigenvalue weighted by Crippen LogP contribution is 2.61. The average Bonchev–Trinajstić information content (AvgIpc) is 3.19. The summed E-state index contributed by atoms with van der Waals surface area (Å²) < 4.78 is 0. The Labute approximate surface area is 157 Å². The molecule has 0 aromatic heterocycles. The minimum Gasteiger partial charge on any atom is -0.360 e. The number of rotatable bonds is 4. The van der Waals surface area contributed by atoms with Crippen LogP contribution in [0.2, 0.25) is 0 Å². The zero-order valence-corrected chi connectivity index (χ0v) is 16.6. The topological polar surface area (TPSA) is 36.8 Å². The molecule has 2 saturated carbocycles. The number of amides is 1. The third-order valence-electron chi connectivity index (χ3n) is 8.01. The molecule has 142 valence electrons. The lowest BCUT2D eigenvalue weighted by molar-refractivity contribution is -0.892. The summed E-state index contributed by atoms with van der Waals surface area (Å²) in [7, 11) is 0. The van der Waals surface area contributed by atoms with E-state index in [0.717, 1.165) is 32.1 Å². The molecule has 2 bridgehead atoms. The second-order valence-corrected chi connectivity index (χ2v) is 9.43. The van der Waals surface area contributed by atoms with Crippen molar-refractivity contribution in [3.63, 3.8) is 0 Å². The van der Waals surface area contributed by atoms with Gasteiger partial charge in [-0.25, -0.2) is 0 Å². The zero-order valence-electron chi connectivity index (χ0n) is 16.6. The first-order valence-electron chi connectivity index (χ1n) is 10.3. The minimum absolute atomic E-state index is 0.0295. The summed E-state index contributed by atoms with van der Waals surface area (Å²) in [6, 6.07) is 10.6. The molecule has 3 fully saturated rings. The van der Waals surface area contributed by atoms with Crippen molar-refractivity contribution in [1.82, 2.24) is 5.32 Å². The van der Waals surface area contributed by atoms with Gasteiger partial charge >= 0.3 is 0 Å². The van der Waals surface area contributed by atoms with Crippen molar-refractivity contribution in [3.05, 3.63) is 30.3 Å². The summed E-state index contributed by atoms with van der Waals surface area (Å²) in [6.07, 6.45) is 3.93. The van der Waals surface area contributed by atoms with Gasteiger partial charge in [0, 0.05) is 11.2 Å². The van der Waals surface area contributed by atoms with E-state index in [0.29, 0.717) is 12.5 Å². The Morgan fingerprint density at radius 3 is 2.38 bits per heavy atom. The average molecular weight is 357 g/mol. The van der Waals surface area contributed by atoms with E-state index in [-0.39, 0.29) is 16.9 Å². The van der Waals surface area contributed by atoms with Crippen molar-refractivity contribution in [2.24, 2.45) is 17.3 Å². The second kappa shape index (κ2) is 6.56. The molecule has 1 aliphatic heterocycles. The largest absolute Gasteiger partial charge is 0.360 e. The summed E-state index contributed by atoms with van der Waals surface area (Å²) in [6.45, 7) is 11.8. The predicted octanol–water partition coefficient (Wildman–Crippen LogP) is 1.72. The van der Waals surface area contributed by atoms with E-state index in [1.54, 1.807) is 0 Å². The highest BCUT2D eigenvalue weighted by molar-refractivity contribution is 5.78. The Bertz CT molecular complexity index is 651. The molecule has 1 saturated heterocycles. The van der Waals surface area contributed by atoms with Gasteiger partial charge in [-0.05, 0) is 55.6 Å². The molecule has 2 N–H and O–H groups in total. The van der Waals surface area contributed by atoms with E-state index in [2.05, 4.69) is 61.3 Å². The minimum atomic E-state index is -0.0295. The van der Waals surface area contributed by atoms with Gasteiger partial charge in [-0.1, -0.05) is 32.0 Å². The van der Waals surface area contributed by atoms with Crippen LogP contribution in [0.25, 0.3) is 0 Å². The van der Waals surface area contributed by atoms with Crippen molar-refractivity contribution in [2.45, 2.75) is 45.6 Å². The Balaban J connectivity index is 1.31. The first kappa shape index (κ1) is 17.8. The molecule has 0 spiro atoms. The molecule has 1 aromatic rings. The van der Waals surface area contributed by atoms with Gasteiger partial charge in [0.05, 0.1) is 26.2 Å². The van der Waals surface area contributed by atoms with Crippen LogP contribution < -0.4 is 15.1 Å². The molecular formula is C22H34N3O+. The highest BCUT2D eigenvalue weighted by atomic mass is 16.2. The van der Waals surface area contributed by atoms with Gasteiger partial charge in [-0.15, -0.1) is 0 Å². The van der Waals surface area contributed by atoms with Crippen molar-refractivity contribution in [3.8, 4) is 0 Å². The SMILES string of the molecule is CC1(C)[C@@H]2CC[C@@H](C2)[C@@]1(C)NC(=O)C[NH+]1CCN(c2ccccc2)CC1. The van der Waals surface area contributed by atoms with E-state index in [4.69, 9.17) is 0 Å². The van der Waals surface area contributed by atoms with Crippen LogP contribution in [0.3, 0.4) is 0 Å². The number of nitrogens with zero attached hydrogens (tertiary/aromatic N) is 1. The number of nitrogens with one attached hydrogen (secondary N) is 2. The van der Waals surface area contributed by atoms with Gasteiger partial charge in [0.25, 0.3) is 5.91 Å². The van der Waals surface area contributed by atoms with E-state index >= 15 is 0 Å². The van der Waals surface area contributed by atoms with E-state index in [1.165, 1.54) is 29.8 Å². The monoisotopic (exact) mass is 356 g/mol. The molecule has 1 amide bonds. The summed E-state index contributed by atoms with van der Waals surface area (Å²) in [5.41, 5.74) is 1.48. The number of hydrogen-bond donors (Lipinski definition) is 2. The fourth-order valence-corrected chi connectivity index (χ4v) is 5.83. The molecule has 4 rings (SSSR count). The van der Waals surface area contributed by atoms with Crippen molar-refractivity contribution in [2.75, 3.05) is 37.6 Å². The summed E-state index contributed by atoms with van der Waals surface area (Å²) in [5.74, 6) is 1.69. The Morgan fingerprint density at radius 2 is 1.77 bits per heavy atom. The van der Waals surface area contributed by atoms with Gasteiger partial charge in [0.2, 0.25) is 0 Å². The van der Waals surface area contributed by atoms with Gasteiger partial charge in [-0.3, -0.25) is 4.79 Å². The van der Waals surface area contributed by atoms with Crippen LogP contribution >= 0.6 is 0 Å². The fourth-order valence-electron chi connectivity index (χ4n) is 5.83. The van der Waals surface area contributed by atoms with Crippen LogP contribution in [0.5, 0.6) is 0 Å². The molecule has 26 heavy (non-hydrogen) atoms. The highest BCUT2D eigenvalue weighted by Gasteiger charge is 2.60. The Hall–Kier alpha value is -1.55. The number of carbonyl (C=O) groups excluding carboxylic acids is 1. The molecule has 1 heterocycles. The summed E-state index contributed by atoms with van der Waals surface area (Å²) in [5, 5.41) is 3.49. The van der Waals surface area contributed by atoms with Crippen LogP contribution in [0.1, 0.15) is 40.0 Å². The van der Waals surface area contributed by atoms with Gasteiger partial charge in [0.1, 0.15) is 0 Å². The van der Waals surface area contributed by atoms with E-state index in [9.17, 15) is 4.79 Å². The normalized spacial score (nSPS) is 33.4. The van der Waals surface area contributed by atoms with Gasteiger partial charge < -0.3 is 15.1 Å². The van der Waals surface area contributed by atoms with Crippen molar-refractivity contribution in [1.29, 1.82) is 0 Å². The Kier molecular flexibility index (Phi) is 4.50. The predicted molar refractivity (Wildman–Crippen MR) is 105 cm³/mol. The Morgan fingerprint density at radius 1 is 1.12 bits per heavy atom. The lowest BCUT2D eigenvalue weighted by Gasteiger charge is -2.48. The van der Waals surface area contributed by atoms with Crippen LogP contribution in [0.15, 0.2) is 30.3 Å². The molecule has 3 aliphatic rings. The van der Waals surface area contributed by atoms with Crippen molar-refractivity contribution >= 4 is 11.6 Å². The fraction of sp³-hybridized carbons (Fsp3) is 0.682. The summed E-state index contributed by atoms with van der Waals surface area (Å²) >= 11 is 0. The number of benzene rings is 1. The molecule has 0 unspecified atom stereocenters. The first-order valence-corrected chi connectivity index (χ1v) is 10.3. The van der Waals surface area contributed by atoms with E-state index < -0.39 is 0 Å². The number of carbonyl (C=O) groups is 1. The summed E-state index contributed by atoms with van der Waals surface area (Å²) in [4.78, 5) is 16.7. The number of hydrogen-bond acceptors (Lipinski definition) is 2. The maximum Gasteiger partial charge on any atom is 0.275 e. The maximum absolute atomic E-state index is 12.8. The molecule has 0 radical (unpaired) electrons. The molecule has 1 aromatic carbocycles. The lowest BCUT2D eigenvalue weighted by atomic mass is 9.64. The number of fused-ring (bicyclic) bond motifs is 2. The smallest absolute Gasteiger partial charge is 0.275 e. The van der Waals surface area contributed by atoms with E-state index in [1.807, 2.05) is 0 Å². The molecular weight excluding hydrogens is 322 g/mol.